The fraction of sp³-hybridized carbons (Fsp3) is 0.455. The van der Waals surface area contributed by atoms with Crippen molar-refractivity contribution in [2.45, 2.75) is 32.6 Å². The van der Waals surface area contributed by atoms with Crippen LogP contribution in [0.2, 0.25) is 0 Å². The molecule has 0 aliphatic rings. The van der Waals surface area contributed by atoms with Gasteiger partial charge in [0.2, 0.25) is 0 Å². The molecule has 0 amide bonds. The molecule has 0 aliphatic heterocycles. The van der Waals surface area contributed by atoms with Crippen LogP contribution in [0.3, 0.4) is 0 Å². The predicted octanol–water partition coefficient (Wildman–Crippen LogP) is 0.241. The molecule has 0 radical (unpaired) electrons. The first kappa shape index (κ1) is 13.0. The van der Waals surface area contributed by atoms with E-state index in [1.165, 1.54) is 24.8 Å². The molecule has 0 bridgehead atoms. The Balaban J connectivity index is 0. The molecular weight excluding hydrogens is 171 g/mol. The number of aryl methyl sites for hydroxylation is 1. The van der Waals surface area contributed by atoms with Gasteiger partial charge < -0.3 is 6.53 Å². The Hall–Kier alpha value is 0.0200. The second-order valence-corrected chi connectivity index (χ2v) is 3.12. The molecule has 1 nitrogen and oxygen atoms in total. The third kappa shape index (κ3) is 5.35. The Bertz CT molecular complexity index is 223. The quantitative estimate of drug-likeness (QED) is 0.530. The third-order valence-corrected chi connectivity index (χ3v) is 2.01. The van der Waals surface area contributed by atoms with E-state index < -0.39 is 0 Å². The van der Waals surface area contributed by atoms with E-state index in [1.807, 2.05) is 12.1 Å². The van der Waals surface area contributed by atoms with Gasteiger partial charge in [-0.05, 0) is 30.5 Å². The van der Waals surface area contributed by atoms with Crippen molar-refractivity contribution in [3.8, 4) is 5.75 Å². The summed E-state index contributed by atoms with van der Waals surface area (Å²) in [6.45, 7) is 2.21. The van der Waals surface area contributed by atoms with Crippen molar-refractivity contribution in [3.05, 3.63) is 29.8 Å². The van der Waals surface area contributed by atoms with Crippen molar-refractivity contribution in [1.29, 1.82) is 0 Å². The number of aromatic hydroxyl groups is 1. The number of rotatable bonds is 4. The number of phenols is 1. The minimum atomic E-state index is 0. The zero-order chi connectivity index (χ0) is 8.81. The molecule has 0 heterocycles. The zero-order valence-electron chi connectivity index (χ0n) is 9.59. The van der Waals surface area contributed by atoms with E-state index in [1.54, 1.807) is 12.1 Å². The molecule has 1 aromatic rings. The van der Waals surface area contributed by atoms with E-state index >= 15 is 0 Å². The van der Waals surface area contributed by atoms with Gasteiger partial charge in [-0.15, -0.1) is 0 Å². The first-order valence-corrected chi connectivity index (χ1v) is 4.61. The minimum Gasteiger partial charge on any atom is -1.00 e. The number of hydrogen-bond donors (Lipinski definition) is 1. The topological polar surface area (TPSA) is 20.2 Å². The fourth-order valence-corrected chi connectivity index (χ4v) is 1.24. The minimum absolute atomic E-state index is 0. The van der Waals surface area contributed by atoms with Gasteiger partial charge in [0, 0.05) is 0 Å². The second kappa shape index (κ2) is 7.43. The van der Waals surface area contributed by atoms with E-state index in [9.17, 15) is 0 Å². The van der Waals surface area contributed by atoms with Gasteiger partial charge in [0.15, 0.2) is 0 Å². The summed E-state index contributed by atoms with van der Waals surface area (Å²) < 4.78 is 0. The average molecular weight is 188 g/mol. The van der Waals surface area contributed by atoms with E-state index in [0.29, 0.717) is 5.75 Å². The van der Waals surface area contributed by atoms with Crippen LogP contribution in [-0.4, -0.2) is 5.11 Å². The molecule has 1 aromatic carbocycles. The van der Waals surface area contributed by atoms with Crippen LogP contribution in [0.1, 0.15) is 33.2 Å². The molecular formula is C11H17NaO. The van der Waals surface area contributed by atoms with E-state index in [2.05, 4.69) is 6.92 Å². The van der Waals surface area contributed by atoms with Gasteiger partial charge in [-0.3, -0.25) is 0 Å². The Morgan fingerprint density at radius 3 is 2.31 bits per heavy atom. The van der Waals surface area contributed by atoms with Gasteiger partial charge >= 0.3 is 29.6 Å². The molecule has 0 saturated heterocycles. The van der Waals surface area contributed by atoms with E-state index in [-0.39, 0.29) is 31.0 Å². The smallest absolute Gasteiger partial charge is 1.00 e. The van der Waals surface area contributed by atoms with E-state index in [0.717, 1.165) is 6.42 Å². The van der Waals surface area contributed by atoms with Crippen molar-refractivity contribution in [1.82, 2.24) is 0 Å². The summed E-state index contributed by atoms with van der Waals surface area (Å²) in [5.41, 5.74) is 1.32. The van der Waals surface area contributed by atoms with Crippen LogP contribution in [0.4, 0.5) is 0 Å². The molecule has 0 unspecified atom stereocenters. The van der Waals surface area contributed by atoms with Crippen LogP contribution in [-0.2, 0) is 6.42 Å². The van der Waals surface area contributed by atoms with Gasteiger partial charge in [-0.2, -0.15) is 0 Å². The maximum absolute atomic E-state index is 9.03. The standard InChI is InChI=1S/C11H16O.Na.H/c1-2-3-4-5-10-6-8-11(12)9-7-10;;/h6-9,12H,2-5H2,1H3;;/q;+1;-1. The van der Waals surface area contributed by atoms with Crippen LogP contribution < -0.4 is 29.6 Å². The van der Waals surface area contributed by atoms with Gasteiger partial charge in [0.1, 0.15) is 5.75 Å². The molecule has 0 spiro atoms. The molecule has 0 fully saturated rings. The van der Waals surface area contributed by atoms with Crippen LogP contribution >= 0.6 is 0 Å². The summed E-state index contributed by atoms with van der Waals surface area (Å²) in [6, 6.07) is 7.48. The molecule has 0 saturated carbocycles. The monoisotopic (exact) mass is 188 g/mol. The molecule has 0 atom stereocenters. The Labute approximate surface area is 104 Å². The van der Waals surface area contributed by atoms with Crippen molar-refractivity contribution in [2.75, 3.05) is 0 Å². The number of unbranched alkanes of at least 4 members (excludes halogenated alkanes) is 2. The Morgan fingerprint density at radius 1 is 1.15 bits per heavy atom. The first-order chi connectivity index (χ1) is 5.83. The van der Waals surface area contributed by atoms with Crippen molar-refractivity contribution in [2.24, 2.45) is 0 Å². The zero-order valence-corrected chi connectivity index (χ0v) is 10.6. The van der Waals surface area contributed by atoms with Crippen LogP contribution in [0, 0.1) is 0 Å². The predicted molar refractivity (Wildman–Crippen MR) is 52.4 cm³/mol. The number of hydrogen-bond acceptors (Lipinski definition) is 1. The van der Waals surface area contributed by atoms with Gasteiger partial charge in [0.05, 0.1) is 0 Å². The molecule has 0 aromatic heterocycles. The third-order valence-electron chi connectivity index (χ3n) is 2.01. The molecule has 68 valence electrons. The molecule has 1 N–H and O–H groups in total. The van der Waals surface area contributed by atoms with Crippen LogP contribution in [0.15, 0.2) is 24.3 Å². The van der Waals surface area contributed by atoms with Gasteiger partial charge in [-0.25, -0.2) is 0 Å². The maximum atomic E-state index is 9.03. The molecule has 0 aliphatic carbocycles. The molecule has 1 rings (SSSR count). The molecule has 2 heteroatoms. The average Bonchev–Trinajstić information content (AvgIpc) is 2.09. The summed E-state index contributed by atoms with van der Waals surface area (Å²) in [5.74, 6) is 0.356. The summed E-state index contributed by atoms with van der Waals surface area (Å²) in [5, 5.41) is 9.03. The first-order valence-electron chi connectivity index (χ1n) is 4.61. The maximum Gasteiger partial charge on any atom is 1.00 e. The summed E-state index contributed by atoms with van der Waals surface area (Å²) >= 11 is 0. The van der Waals surface area contributed by atoms with Crippen LogP contribution in [0.25, 0.3) is 0 Å². The van der Waals surface area contributed by atoms with Crippen LogP contribution in [0.5, 0.6) is 5.75 Å². The SMILES string of the molecule is CCCCCc1ccc(O)cc1.[H-].[Na+]. The normalized spacial score (nSPS) is 9.31. The van der Waals surface area contributed by atoms with Crippen molar-refractivity contribution < 1.29 is 36.1 Å². The fourth-order valence-electron chi connectivity index (χ4n) is 1.24. The van der Waals surface area contributed by atoms with Gasteiger partial charge in [-0.1, -0.05) is 31.9 Å². The van der Waals surface area contributed by atoms with Crippen molar-refractivity contribution >= 4 is 0 Å². The number of benzene rings is 1. The molecule has 13 heavy (non-hydrogen) atoms. The van der Waals surface area contributed by atoms with Gasteiger partial charge in [0.25, 0.3) is 0 Å². The summed E-state index contributed by atoms with van der Waals surface area (Å²) in [6.07, 6.45) is 4.94. The Morgan fingerprint density at radius 2 is 1.77 bits per heavy atom. The summed E-state index contributed by atoms with van der Waals surface area (Å²) in [4.78, 5) is 0. The summed E-state index contributed by atoms with van der Waals surface area (Å²) in [7, 11) is 0. The number of phenolic OH excluding ortho intramolecular Hbond substituents is 1. The second-order valence-electron chi connectivity index (χ2n) is 3.12. The van der Waals surface area contributed by atoms with E-state index in [4.69, 9.17) is 5.11 Å². The Kier molecular flexibility index (Phi) is 7.44. The largest absolute Gasteiger partial charge is 1.00 e. The van der Waals surface area contributed by atoms with Crippen molar-refractivity contribution in [3.63, 3.8) is 0 Å².